The van der Waals surface area contributed by atoms with Gasteiger partial charge in [0.05, 0.1) is 6.21 Å². The van der Waals surface area contributed by atoms with Gasteiger partial charge in [-0.1, -0.05) is 0 Å². The molecule has 1 heterocycles. The highest BCUT2D eigenvalue weighted by Crippen LogP contribution is 2.31. The zero-order valence-electron chi connectivity index (χ0n) is 7.77. The van der Waals surface area contributed by atoms with Crippen molar-refractivity contribution in [3.05, 3.63) is 23.8 Å². The van der Waals surface area contributed by atoms with Gasteiger partial charge in [-0.2, -0.15) is 5.10 Å². The number of hydrogen-bond acceptors (Lipinski definition) is 4. The van der Waals surface area contributed by atoms with Crippen LogP contribution in [0.4, 0.5) is 4.79 Å². The lowest BCUT2D eigenvalue weighted by molar-refractivity contribution is 0.174. The molecule has 1 aromatic rings. The Labute approximate surface area is 85.7 Å². The maximum atomic E-state index is 10.3. The highest BCUT2D eigenvalue weighted by molar-refractivity contribution is 5.82. The second kappa shape index (κ2) is 3.87. The van der Waals surface area contributed by atoms with Crippen molar-refractivity contribution in [2.45, 2.75) is 0 Å². The van der Waals surface area contributed by atoms with Crippen LogP contribution in [-0.2, 0) is 0 Å². The number of carbonyl (C=O) groups is 1. The fourth-order valence-corrected chi connectivity index (χ4v) is 1.16. The topological polar surface area (TPSA) is 85.9 Å². The molecule has 0 bridgehead atoms. The van der Waals surface area contributed by atoms with Gasteiger partial charge in [-0.3, -0.25) is 0 Å². The number of carbonyl (C=O) groups excluding carboxylic acids is 1. The van der Waals surface area contributed by atoms with Gasteiger partial charge in [0, 0.05) is 0 Å². The van der Waals surface area contributed by atoms with Gasteiger partial charge in [0.15, 0.2) is 11.5 Å². The summed E-state index contributed by atoms with van der Waals surface area (Å²) in [5.74, 6) is 1.37. The van der Waals surface area contributed by atoms with Crippen LogP contribution in [0.5, 0.6) is 11.5 Å². The summed E-state index contributed by atoms with van der Waals surface area (Å²) in [4.78, 5) is 10.3. The zero-order chi connectivity index (χ0) is 10.7. The molecule has 1 aromatic carbocycles. The van der Waals surface area contributed by atoms with E-state index in [1.54, 1.807) is 18.2 Å². The number of urea groups is 1. The number of primary amides is 1. The minimum Gasteiger partial charge on any atom is -0.454 e. The first kappa shape index (κ1) is 9.32. The van der Waals surface area contributed by atoms with E-state index < -0.39 is 6.03 Å². The van der Waals surface area contributed by atoms with E-state index in [1.165, 1.54) is 6.21 Å². The number of rotatable bonds is 2. The minimum atomic E-state index is -0.702. The SMILES string of the molecule is NC(=O)NN=Cc1ccc2c(c1)OCO2. The van der Waals surface area contributed by atoms with Crippen molar-refractivity contribution in [3.63, 3.8) is 0 Å². The van der Waals surface area contributed by atoms with Crippen molar-refractivity contribution in [2.24, 2.45) is 10.8 Å². The molecule has 6 nitrogen and oxygen atoms in total. The van der Waals surface area contributed by atoms with E-state index in [4.69, 9.17) is 15.2 Å². The van der Waals surface area contributed by atoms with E-state index >= 15 is 0 Å². The van der Waals surface area contributed by atoms with Crippen molar-refractivity contribution in [1.29, 1.82) is 0 Å². The first-order chi connectivity index (χ1) is 7.25. The first-order valence-corrected chi connectivity index (χ1v) is 4.24. The van der Waals surface area contributed by atoms with E-state index in [-0.39, 0.29) is 6.79 Å². The third kappa shape index (κ3) is 2.16. The highest BCUT2D eigenvalue weighted by Gasteiger charge is 2.12. The fraction of sp³-hybridized carbons (Fsp3) is 0.111. The monoisotopic (exact) mass is 207 g/mol. The van der Waals surface area contributed by atoms with Crippen LogP contribution in [0.3, 0.4) is 0 Å². The van der Waals surface area contributed by atoms with Gasteiger partial charge in [-0.25, -0.2) is 10.2 Å². The van der Waals surface area contributed by atoms with Crippen molar-refractivity contribution in [3.8, 4) is 11.5 Å². The van der Waals surface area contributed by atoms with Crippen molar-refractivity contribution in [2.75, 3.05) is 6.79 Å². The summed E-state index contributed by atoms with van der Waals surface area (Å²) >= 11 is 0. The Morgan fingerprint density at radius 1 is 1.47 bits per heavy atom. The molecule has 0 aromatic heterocycles. The number of hydrogen-bond donors (Lipinski definition) is 2. The number of nitrogens with two attached hydrogens (primary N) is 1. The maximum Gasteiger partial charge on any atom is 0.332 e. The lowest BCUT2D eigenvalue weighted by atomic mass is 10.2. The molecule has 1 aliphatic rings. The third-order valence-corrected chi connectivity index (χ3v) is 1.78. The molecule has 1 aliphatic heterocycles. The van der Waals surface area contributed by atoms with Crippen molar-refractivity contribution >= 4 is 12.2 Å². The molecule has 0 saturated carbocycles. The van der Waals surface area contributed by atoms with Crippen LogP contribution in [0.2, 0.25) is 0 Å². The number of ether oxygens (including phenoxy) is 2. The lowest BCUT2D eigenvalue weighted by Crippen LogP contribution is -2.24. The third-order valence-electron chi connectivity index (χ3n) is 1.78. The molecular formula is C9H9N3O3. The lowest BCUT2D eigenvalue weighted by Gasteiger charge is -1.97. The van der Waals surface area contributed by atoms with Gasteiger partial charge in [0.25, 0.3) is 0 Å². The summed E-state index contributed by atoms with van der Waals surface area (Å²) in [5, 5.41) is 3.62. The molecule has 0 spiro atoms. The number of amides is 2. The Morgan fingerprint density at radius 3 is 3.07 bits per heavy atom. The number of nitrogens with zero attached hydrogens (tertiary/aromatic N) is 1. The molecule has 78 valence electrons. The fourth-order valence-electron chi connectivity index (χ4n) is 1.16. The smallest absolute Gasteiger partial charge is 0.332 e. The summed E-state index contributed by atoms with van der Waals surface area (Å²) in [7, 11) is 0. The quantitative estimate of drug-likeness (QED) is 0.544. The van der Waals surface area contributed by atoms with Crippen LogP contribution < -0.4 is 20.6 Å². The molecule has 0 unspecified atom stereocenters. The molecule has 0 fully saturated rings. The van der Waals surface area contributed by atoms with Crippen LogP contribution in [0, 0.1) is 0 Å². The van der Waals surface area contributed by atoms with Crippen LogP contribution in [0.25, 0.3) is 0 Å². The molecule has 0 aliphatic carbocycles. The van der Waals surface area contributed by atoms with Crippen molar-refractivity contribution in [1.82, 2.24) is 5.43 Å². The van der Waals surface area contributed by atoms with Crippen LogP contribution >= 0.6 is 0 Å². The largest absolute Gasteiger partial charge is 0.454 e. The average Bonchev–Trinajstić information content (AvgIpc) is 2.64. The minimum absolute atomic E-state index is 0.232. The summed E-state index contributed by atoms with van der Waals surface area (Å²) in [6.45, 7) is 0.232. The summed E-state index contributed by atoms with van der Waals surface area (Å²) < 4.78 is 10.3. The predicted molar refractivity (Wildman–Crippen MR) is 52.9 cm³/mol. The Hall–Kier alpha value is -2.24. The van der Waals surface area contributed by atoms with Crippen LogP contribution in [0.1, 0.15) is 5.56 Å². The Balaban J connectivity index is 2.10. The van der Waals surface area contributed by atoms with Crippen LogP contribution in [0.15, 0.2) is 23.3 Å². The van der Waals surface area contributed by atoms with E-state index in [9.17, 15) is 4.79 Å². The normalized spacial score (nSPS) is 13.1. The molecule has 0 radical (unpaired) electrons. The van der Waals surface area contributed by atoms with Gasteiger partial charge in [-0.15, -0.1) is 0 Å². The number of hydrazone groups is 1. The van der Waals surface area contributed by atoms with E-state index in [1.807, 2.05) is 0 Å². The summed E-state index contributed by atoms with van der Waals surface area (Å²) in [6, 6.07) is 4.62. The molecule has 15 heavy (non-hydrogen) atoms. The van der Waals surface area contributed by atoms with E-state index in [0.29, 0.717) is 11.5 Å². The molecular weight excluding hydrogens is 198 g/mol. The Bertz CT molecular complexity index is 417. The Kier molecular flexibility index (Phi) is 2.40. The molecule has 2 amide bonds. The van der Waals surface area contributed by atoms with E-state index in [0.717, 1.165) is 5.56 Å². The number of fused-ring (bicyclic) bond motifs is 1. The standard InChI is InChI=1S/C9H9N3O3/c10-9(13)12-11-4-6-1-2-7-8(3-6)15-5-14-7/h1-4H,5H2,(H3,10,12,13). The number of nitrogens with one attached hydrogen (secondary N) is 1. The second-order valence-corrected chi connectivity index (χ2v) is 2.85. The van der Waals surface area contributed by atoms with Gasteiger partial charge in [0.1, 0.15) is 0 Å². The first-order valence-electron chi connectivity index (χ1n) is 4.24. The molecule has 3 N–H and O–H groups in total. The summed E-state index contributed by atoms with van der Waals surface area (Å²) in [5.41, 5.74) is 7.72. The second-order valence-electron chi connectivity index (χ2n) is 2.85. The Morgan fingerprint density at radius 2 is 2.27 bits per heavy atom. The van der Waals surface area contributed by atoms with Crippen molar-refractivity contribution < 1.29 is 14.3 Å². The van der Waals surface area contributed by atoms with Crippen LogP contribution in [-0.4, -0.2) is 19.0 Å². The maximum absolute atomic E-state index is 10.3. The summed E-state index contributed by atoms with van der Waals surface area (Å²) in [6.07, 6.45) is 1.46. The van der Waals surface area contributed by atoms with Gasteiger partial charge in [-0.05, 0) is 23.8 Å². The molecule has 0 saturated heterocycles. The van der Waals surface area contributed by atoms with Gasteiger partial charge < -0.3 is 15.2 Å². The molecule has 0 atom stereocenters. The number of benzene rings is 1. The zero-order valence-corrected chi connectivity index (χ0v) is 7.77. The molecule has 6 heteroatoms. The van der Waals surface area contributed by atoms with Gasteiger partial charge in [0.2, 0.25) is 6.79 Å². The van der Waals surface area contributed by atoms with Gasteiger partial charge >= 0.3 is 6.03 Å². The predicted octanol–water partition coefficient (Wildman–Crippen LogP) is 0.417. The van der Waals surface area contributed by atoms with E-state index in [2.05, 4.69) is 10.5 Å². The average molecular weight is 207 g/mol. The molecule has 2 rings (SSSR count). The highest BCUT2D eigenvalue weighted by atomic mass is 16.7.